The lowest BCUT2D eigenvalue weighted by Crippen LogP contribution is -2.33. The smallest absolute Gasteiger partial charge is 0.262 e. The second-order valence-electron chi connectivity index (χ2n) is 6.68. The molecule has 0 aliphatic carbocycles. The Kier molecular flexibility index (Phi) is 5.41. The molecular weight excluding hydrogens is 364 g/mol. The van der Waals surface area contributed by atoms with Crippen LogP contribution < -0.4 is 14.4 Å². The second kappa shape index (κ2) is 7.60. The van der Waals surface area contributed by atoms with Gasteiger partial charge in [0.1, 0.15) is 5.75 Å². The summed E-state index contributed by atoms with van der Waals surface area (Å²) in [5, 5.41) is 0. The molecule has 1 amide bonds. The summed E-state index contributed by atoms with van der Waals surface area (Å²) in [5.41, 5.74) is 2.04. The van der Waals surface area contributed by atoms with Crippen LogP contribution in [0.15, 0.2) is 47.4 Å². The van der Waals surface area contributed by atoms with Crippen LogP contribution in [-0.2, 0) is 21.2 Å². The molecule has 1 atom stereocenters. The molecule has 1 aliphatic heterocycles. The molecule has 1 aliphatic rings. The number of nitrogens with zero attached hydrogens (tertiary/aromatic N) is 1. The molecule has 2 aromatic rings. The zero-order chi connectivity index (χ0) is 19.6. The molecule has 1 heterocycles. The molecule has 0 saturated carbocycles. The average molecular weight is 388 g/mol. The highest BCUT2D eigenvalue weighted by Gasteiger charge is 2.30. The van der Waals surface area contributed by atoms with Crippen molar-refractivity contribution in [3.63, 3.8) is 0 Å². The van der Waals surface area contributed by atoms with Crippen LogP contribution >= 0.6 is 0 Å². The van der Waals surface area contributed by atoms with E-state index in [0.717, 1.165) is 17.7 Å². The maximum Gasteiger partial charge on any atom is 0.262 e. The van der Waals surface area contributed by atoms with Crippen molar-refractivity contribution in [3.05, 3.63) is 48.0 Å². The normalized spacial score (nSPS) is 16.1. The van der Waals surface area contributed by atoms with Gasteiger partial charge in [0.05, 0.1) is 17.2 Å². The third-order valence-electron chi connectivity index (χ3n) is 4.51. The number of hydrogen-bond donors (Lipinski definition) is 1. The average Bonchev–Trinajstić information content (AvgIpc) is 2.95. The highest BCUT2D eigenvalue weighted by atomic mass is 32.2. The molecule has 0 fully saturated rings. The Morgan fingerprint density at radius 1 is 1.26 bits per heavy atom. The maximum atomic E-state index is 12.9. The minimum atomic E-state index is -3.77. The van der Waals surface area contributed by atoms with Gasteiger partial charge in [-0.15, -0.1) is 0 Å². The standard InChI is InChI=1S/C20H24N2O4S/c1-4-11-26-20-8-6-5-7-18(20)21-27(24,25)17-9-10-19-16(13-17)12-14(2)22(19)15(3)23/h5-10,13-14,21H,4,11-12H2,1-3H3. The Hall–Kier alpha value is -2.54. The van der Waals surface area contributed by atoms with E-state index in [1.165, 1.54) is 13.0 Å². The Morgan fingerprint density at radius 2 is 2.00 bits per heavy atom. The lowest BCUT2D eigenvalue weighted by Gasteiger charge is -2.20. The van der Waals surface area contributed by atoms with Crippen LogP contribution in [0, 0.1) is 0 Å². The van der Waals surface area contributed by atoms with E-state index in [4.69, 9.17) is 4.74 Å². The first kappa shape index (κ1) is 19.2. The number of fused-ring (bicyclic) bond motifs is 1. The zero-order valence-electron chi connectivity index (χ0n) is 15.7. The molecule has 144 valence electrons. The lowest BCUT2D eigenvalue weighted by molar-refractivity contribution is -0.116. The quantitative estimate of drug-likeness (QED) is 0.821. The van der Waals surface area contributed by atoms with Crippen LogP contribution in [0.25, 0.3) is 0 Å². The second-order valence-corrected chi connectivity index (χ2v) is 8.37. The third-order valence-corrected chi connectivity index (χ3v) is 5.87. The van der Waals surface area contributed by atoms with Crippen LogP contribution in [0.3, 0.4) is 0 Å². The number of para-hydroxylation sites is 2. The minimum absolute atomic E-state index is 0.0200. The van der Waals surface area contributed by atoms with E-state index in [-0.39, 0.29) is 16.8 Å². The van der Waals surface area contributed by atoms with E-state index in [9.17, 15) is 13.2 Å². The van der Waals surface area contributed by atoms with Gasteiger partial charge in [0, 0.05) is 18.7 Å². The van der Waals surface area contributed by atoms with Gasteiger partial charge in [-0.25, -0.2) is 8.42 Å². The first-order valence-electron chi connectivity index (χ1n) is 9.01. The molecular formula is C20H24N2O4S. The zero-order valence-corrected chi connectivity index (χ0v) is 16.5. The summed E-state index contributed by atoms with van der Waals surface area (Å²) in [6.07, 6.45) is 1.46. The third kappa shape index (κ3) is 3.93. The fraction of sp³-hybridized carbons (Fsp3) is 0.350. The number of carbonyl (C=O) groups is 1. The van der Waals surface area contributed by atoms with E-state index in [2.05, 4.69) is 4.72 Å². The van der Waals surface area contributed by atoms with Crippen LogP contribution in [0.4, 0.5) is 11.4 Å². The predicted molar refractivity (Wildman–Crippen MR) is 106 cm³/mol. The van der Waals surface area contributed by atoms with Gasteiger partial charge in [0.2, 0.25) is 5.91 Å². The summed E-state index contributed by atoms with van der Waals surface area (Å²) in [7, 11) is -3.77. The molecule has 0 spiro atoms. The van der Waals surface area contributed by atoms with Crippen LogP contribution in [-0.4, -0.2) is 27.0 Å². The molecule has 1 unspecified atom stereocenters. The summed E-state index contributed by atoms with van der Waals surface area (Å²) >= 11 is 0. The summed E-state index contributed by atoms with van der Waals surface area (Å²) < 4.78 is 34.0. The van der Waals surface area contributed by atoms with E-state index in [0.29, 0.717) is 24.5 Å². The Balaban J connectivity index is 1.89. The fourth-order valence-electron chi connectivity index (χ4n) is 3.35. The molecule has 27 heavy (non-hydrogen) atoms. The lowest BCUT2D eigenvalue weighted by atomic mass is 10.1. The first-order chi connectivity index (χ1) is 12.8. The van der Waals surface area contributed by atoms with Gasteiger partial charge in [-0.1, -0.05) is 19.1 Å². The van der Waals surface area contributed by atoms with Gasteiger partial charge in [0.25, 0.3) is 10.0 Å². The monoisotopic (exact) mass is 388 g/mol. The molecule has 3 rings (SSSR count). The van der Waals surface area contributed by atoms with Gasteiger partial charge in [-0.2, -0.15) is 0 Å². The number of amides is 1. The SMILES string of the molecule is CCCOc1ccccc1NS(=O)(=O)c1ccc2c(c1)CC(C)N2C(C)=O. The molecule has 0 bridgehead atoms. The molecule has 6 nitrogen and oxygen atoms in total. The van der Waals surface area contributed by atoms with E-state index < -0.39 is 10.0 Å². The van der Waals surface area contributed by atoms with Crippen molar-refractivity contribution in [3.8, 4) is 5.75 Å². The molecule has 0 radical (unpaired) electrons. The minimum Gasteiger partial charge on any atom is -0.491 e. The van der Waals surface area contributed by atoms with Crippen molar-refractivity contribution in [2.75, 3.05) is 16.2 Å². The van der Waals surface area contributed by atoms with Crippen LogP contribution in [0.1, 0.15) is 32.8 Å². The number of rotatable bonds is 6. The number of nitrogens with one attached hydrogen (secondary N) is 1. The van der Waals surface area contributed by atoms with Crippen molar-refractivity contribution < 1.29 is 17.9 Å². The fourth-order valence-corrected chi connectivity index (χ4v) is 4.47. The Morgan fingerprint density at radius 3 is 2.70 bits per heavy atom. The van der Waals surface area contributed by atoms with Crippen molar-refractivity contribution in [1.82, 2.24) is 0 Å². The number of hydrogen-bond acceptors (Lipinski definition) is 4. The van der Waals surface area contributed by atoms with E-state index >= 15 is 0 Å². The van der Waals surface area contributed by atoms with Crippen LogP contribution in [0.5, 0.6) is 5.75 Å². The Bertz CT molecular complexity index is 956. The van der Waals surface area contributed by atoms with Gasteiger partial charge in [0.15, 0.2) is 0 Å². The van der Waals surface area contributed by atoms with Gasteiger partial charge in [-0.05, 0) is 55.7 Å². The van der Waals surface area contributed by atoms with Crippen molar-refractivity contribution >= 4 is 27.3 Å². The van der Waals surface area contributed by atoms with Gasteiger partial charge in [-0.3, -0.25) is 9.52 Å². The van der Waals surface area contributed by atoms with Crippen molar-refractivity contribution in [2.24, 2.45) is 0 Å². The molecule has 7 heteroatoms. The molecule has 0 saturated heterocycles. The van der Waals surface area contributed by atoms with Crippen molar-refractivity contribution in [2.45, 2.75) is 44.6 Å². The largest absolute Gasteiger partial charge is 0.491 e. The highest BCUT2D eigenvalue weighted by Crippen LogP contribution is 2.34. The predicted octanol–water partition coefficient (Wildman–Crippen LogP) is 3.57. The number of sulfonamides is 1. The summed E-state index contributed by atoms with van der Waals surface area (Å²) in [6.45, 7) is 5.97. The van der Waals surface area contributed by atoms with E-state index in [1.807, 2.05) is 13.8 Å². The summed E-state index contributed by atoms with van der Waals surface area (Å²) in [4.78, 5) is 13.7. The van der Waals surface area contributed by atoms with Gasteiger partial charge < -0.3 is 9.64 Å². The number of carbonyl (C=O) groups excluding carboxylic acids is 1. The highest BCUT2D eigenvalue weighted by molar-refractivity contribution is 7.92. The number of anilines is 2. The van der Waals surface area contributed by atoms with Crippen molar-refractivity contribution in [1.29, 1.82) is 0 Å². The maximum absolute atomic E-state index is 12.9. The van der Waals surface area contributed by atoms with Gasteiger partial charge >= 0.3 is 0 Å². The topological polar surface area (TPSA) is 75.7 Å². The summed E-state index contributed by atoms with van der Waals surface area (Å²) in [6, 6.07) is 11.9. The Labute approximate surface area is 160 Å². The molecule has 0 aromatic heterocycles. The molecule has 2 aromatic carbocycles. The first-order valence-corrected chi connectivity index (χ1v) is 10.5. The summed E-state index contributed by atoms with van der Waals surface area (Å²) in [5.74, 6) is 0.456. The number of benzene rings is 2. The van der Waals surface area contributed by atoms with Crippen LogP contribution in [0.2, 0.25) is 0 Å². The number of ether oxygens (including phenoxy) is 1. The molecule has 1 N–H and O–H groups in total. The van der Waals surface area contributed by atoms with E-state index in [1.54, 1.807) is 41.3 Å².